The number of carbonyl (C=O) groups excluding carboxylic acids is 1. The molecule has 92 valence electrons. The third-order valence-electron chi connectivity index (χ3n) is 2.74. The molecule has 0 aromatic heterocycles. The summed E-state index contributed by atoms with van der Waals surface area (Å²) in [7, 11) is 0. The van der Waals surface area contributed by atoms with E-state index < -0.39 is 6.03 Å². The molecule has 0 saturated heterocycles. The minimum Gasteiger partial charge on any atom is -0.305 e. The van der Waals surface area contributed by atoms with Crippen molar-refractivity contribution in [1.29, 1.82) is 0 Å². The summed E-state index contributed by atoms with van der Waals surface area (Å²) in [5, 5.41) is 3.13. The summed E-state index contributed by atoms with van der Waals surface area (Å²) in [6.45, 7) is 0. The Kier molecular flexibility index (Phi) is 4.23. The number of urea groups is 1. The van der Waals surface area contributed by atoms with Crippen LogP contribution in [0.1, 0.15) is 25.7 Å². The van der Waals surface area contributed by atoms with E-state index in [1.807, 2.05) is 0 Å². The van der Waals surface area contributed by atoms with Crippen LogP contribution in [-0.4, -0.2) is 12.1 Å². The standard InChI is InChI=1S/C12H15ClN2O2/c13-10-7-3-4-8-11(10)14-12(16)15-17-9-5-1-2-6-9/h3-4,7-9H,1-2,5-6H2,(H2,14,15,16). The minimum atomic E-state index is -0.398. The van der Waals surface area contributed by atoms with E-state index in [0.717, 1.165) is 12.8 Å². The molecule has 0 radical (unpaired) electrons. The predicted molar refractivity (Wildman–Crippen MR) is 66.9 cm³/mol. The molecule has 1 aromatic carbocycles. The molecule has 1 fully saturated rings. The zero-order chi connectivity index (χ0) is 12.1. The van der Waals surface area contributed by atoms with Crippen LogP contribution in [0, 0.1) is 0 Å². The summed E-state index contributed by atoms with van der Waals surface area (Å²) in [5.74, 6) is 0. The van der Waals surface area contributed by atoms with Crippen LogP contribution in [0.2, 0.25) is 5.02 Å². The number of amides is 2. The van der Waals surface area contributed by atoms with Crippen LogP contribution in [0.3, 0.4) is 0 Å². The Morgan fingerprint density at radius 2 is 2.00 bits per heavy atom. The number of hydrogen-bond donors (Lipinski definition) is 2. The first kappa shape index (κ1) is 12.2. The number of nitrogens with one attached hydrogen (secondary N) is 2. The minimum absolute atomic E-state index is 0.145. The van der Waals surface area contributed by atoms with Gasteiger partial charge in [0.1, 0.15) is 0 Å². The van der Waals surface area contributed by atoms with Crippen molar-refractivity contribution >= 4 is 23.3 Å². The van der Waals surface area contributed by atoms with Crippen molar-refractivity contribution in [3.05, 3.63) is 29.3 Å². The average Bonchev–Trinajstić information content (AvgIpc) is 2.82. The van der Waals surface area contributed by atoms with Crippen molar-refractivity contribution in [2.24, 2.45) is 0 Å². The maximum Gasteiger partial charge on any atom is 0.343 e. The van der Waals surface area contributed by atoms with E-state index in [9.17, 15) is 4.79 Å². The maximum absolute atomic E-state index is 11.5. The lowest BCUT2D eigenvalue weighted by Crippen LogP contribution is -2.32. The summed E-state index contributed by atoms with van der Waals surface area (Å²) in [5.41, 5.74) is 2.96. The predicted octanol–water partition coefficient (Wildman–Crippen LogP) is 3.34. The van der Waals surface area contributed by atoms with E-state index in [2.05, 4.69) is 10.8 Å². The molecule has 0 spiro atoms. The second-order valence-corrected chi connectivity index (χ2v) is 4.47. The van der Waals surface area contributed by atoms with Gasteiger partial charge in [-0.25, -0.2) is 10.3 Å². The first-order valence-electron chi connectivity index (χ1n) is 5.73. The summed E-state index contributed by atoms with van der Waals surface area (Å²) >= 11 is 5.91. The van der Waals surface area contributed by atoms with Crippen LogP contribution >= 0.6 is 11.6 Å². The van der Waals surface area contributed by atoms with Crippen molar-refractivity contribution in [3.8, 4) is 0 Å². The highest BCUT2D eigenvalue weighted by Crippen LogP contribution is 2.21. The number of para-hydroxylation sites is 1. The Labute approximate surface area is 105 Å². The molecule has 17 heavy (non-hydrogen) atoms. The highest BCUT2D eigenvalue weighted by atomic mass is 35.5. The Hall–Kier alpha value is -1.26. The molecule has 2 rings (SSSR count). The highest BCUT2D eigenvalue weighted by Gasteiger charge is 2.16. The first-order chi connectivity index (χ1) is 8.25. The number of hydroxylamine groups is 1. The molecule has 4 nitrogen and oxygen atoms in total. The summed E-state index contributed by atoms with van der Waals surface area (Å²) in [4.78, 5) is 16.8. The average molecular weight is 255 g/mol. The Balaban J connectivity index is 1.79. The summed E-state index contributed by atoms with van der Waals surface area (Å²) in [6.07, 6.45) is 4.49. The van der Waals surface area contributed by atoms with E-state index in [4.69, 9.17) is 16.4 Å². The number of halogens is 1. The van der Waals surface area contributed by atoms with Crippen molar-refractivity contribution in [3.63, 3.8) is 0 Å². The fourth-order valence-corrected chi connectivity index (χ4v) is 2.04. The summed E-state index contributed by atoms with van der Waals surface area (Å²) in [6, 6.07) is 6.66. The van der Waals surface area contributed by atoms with E-state index in [1.165, 1.54) is 12.8 Å². The number of rotatable bonds is 3. The van der Waals surface area contributed by atoms with E-state index >= 15 is 0 Å². The van der Waals surface area contributed by atoms with Crippen LogP contribution in [0.15, 0.2) is 24.3 Å². The van der Waals surface area contributed by atoms with E-state index in [1.54, 1.807) is 24.3 Å². The Morgan fingerprint density at radius 1 is 1.29 bits per heavy atom. The van der Waals surface area contributed by atoms with Crippen molar-refractivity contribution < 1.29 is 9.63 Å². The lowest BCUT2D eigenvalue weighted by Gasteiger charge is -2.12. The molecule has 2 amide bonds. The van der Waals surface area contributed by atoms with Gasteiger partial charge in [0, 0.05) is 0 Å². The number of hydrogen-bond acceptors (Lipinski definition) is 2. The number of anilines is 1. The van der Waals surface area contributed by atoms with Gasteiger partial charge in [-0.05, 0) is 25.0 Å². The largest absolute Gasteiger partial charge is 0.343 e. The van der Waals surface area contributed by atoms with Crippen molar-refractivity contribution in [1.82, 2.24) is 5.48 Å². The van der Waals surface area contributed by atoms with Gasteiger partial charge in [0.2, 0.25) is 0 Å². The third kappa shape index (κ3) is 3.61. The Morgan fingerprint density at radius 3 is 2.71 bits per heavy atom. The molecule has 0 bridgehead atoms. The summed E-state index contributed by atoms with van der Waals surface area (Å²) < 4.78 is 0. The number of carbonyl (C=O) groups is 1. The molecule has 0 aliphatic heterocycles. The van der Waals surface area contributed by atoms with Crippen LogP contribution < -0.4 is 10.8 Å². The maximum atomic E-state index is 11.5. The number of benzene rings is 1. The van der Waals surface area contributed by atoms with Crippen molar-refractivity contribution in [2.75, 3.05) is 5.32 Å². The Bertz CT molecular complexity index is 392. The molecule has 1 aromatic rings. The lowest BCUT2D eigenvalue weighted by molar-refractivity contribution is 0.00336. The molecule has 1 saturated carbocycles. The monoisotopic (exact) mass is 254 g/mol. The highest BCUT2D eigenvalue weighted by molar-refractivity contribution is 6.33. The van der Waals surface area contributed by atoms with Crippen LogP contribution in [0.25, 0.3) is 0 Å². The van der Waals surface area contributed by atoms with Gasteiger partial charge < -0.3 is 5.32 Å². The van der Waals surface area contributed by atoms with Crippen LogP contribution in [-0.2, 0) is 4.84 Å². The first-order valence-corrected chi connectivity index (χ1v) is 6.10. The molecular weight excluding hydrogens is 240 g/mol. The van der Waals surface area contributed by atoms with Crippen molar-refractivity contribution in [2.45, 2.75) is 31.8 Å². The molecule has 0 heterocycles. The smallest absolute Gasteiger partial charge is 0.305 e. The van der Waals surface area contributed by atoms with Crippen LogP contribution in [0.4, 0.5) is 10.5 Å². The normalized spacial score (nSPS) is 15.8. The molecule has 0 atom stereocenters. The van der Waals surface area contributed by atoms with E-state index in [-0.39, 0.29) is 6.10 Å². The third-order valence-corrected chi connectivity index (χ3v) is 3.07. The topological polar surface area (TPSA) is 50.4 Å². The molecule has 1 aliphatic rings. The van der Waals surface area contributed by atoms with Crippen LogP contribution in [0.5, 0.6) is 0 Å². The second-order valence-electron chi connectivity index (χ2n) is 4.06. The molecule has 5 heteroatoms. The van der Waals surface area contributed by atoms with Gasteiger partial charge in [-0.15, -0.1) is 0 Å². The second kappa shape index (κ2) is 5.89. The quantitative estimate of drug-likeness (QED) is 0.813. The van der Waals surface area contributed by atoms with Gasteiger partial charge in [-0.1, -0.05) is 36.6 Å². The van der Waals surface area contributed by atoms with Gasteiger partial charge in [-0.2, -0.15) is 0 Å². The zero-order valence-electron chi connectivity index (χ0n) is 9.41. The van der Waals surface area contributed by atoms with Gasteiger partial charge >= 0.3 is 6.03 Å². The molecule has 1 aliphatic carbocycles. The fraction of sp³-hybridized carbons (Fsp3) is 0.417. The van der Waals surface area contributed by atoms with E-state index in [0.29, 0.717) is 10.7 Å². The molecule has 2 N–H and O–H groups in total. The van der Waals surface area contributed by atoms with Gasteiger partial charge in [0.25, 0.3) is 0 Å². The van der Waals surface area contributed by atoms with Gasteiger partial charge in [0.05, 0.1) is 16.8 Å². The molecule has 0 unspecified atom stereocenters. The lowest BCUT2D eigenvalue weighted by atomic mass is 10.3. The van der Waals surface area contributed by atoms with Gasteiger partial charge in [-0.3, -0.25) is 4.84 Å². The zero-order valence-corrected chi connectivity index (χ0v) is 10.2. The van der Waals surface area contributed by atoms with Gasteiger partial charge in [0.15, 0.2) is 0 Å². The SMILES string of the molecule is O=C(NOC1CCCC1)Nc1ccccc1Cl. The fourth-order valence-electron chi connectivity index (χ4n) is 1.85. The molecular formula is C12H15ClN2O2.